The van der Waals surface area contributed by atoms with E-state index in [0.717, 1.165) is 6.42 Å². The summed E-state index contributed by atoms with van der Waals surface area (Å²) in [5.41, 5.74) is 5.56. The zero-order valence-corrected chi connectivity index (χ0v) is 10.7. The first-order chi connectivity index (χ1) is 9.35. The van der Waals surface area contributed by atoms with Gasteiger partial charge in [-0.2, -0.15) is 13.2 Å². The maximum atomic E-state index is 12.2. The van der Waals surface area contributed by atoms with Crippen LogP contribution >= 0.6 is 0 Å². The van der Waals surface area contributed by atoms with Gasteiger partial charge in [0, 0.05) is 25.2 Å². The van der Waals surface area contributed by atoms with E-state index in [-0.39, 0.29) is 12.5 Å². The Morgan fingerprint density at radius 3 is 2.90 bits per heavy atom. The molecule has 1 aliphatic heterocycles. The highest BCUT2D eigenvalue weighted by Gasteiger charge is 2.35. The Bertz CT molecular complexity index is 492. The molecule has 1 aromatic heterocycles. The third kappa shape index (κ3) is 3.82. The van der Waals surface area contributed by atoms with Crippen LogP contribution in [0.5, 0.6) is 0 Å². The number of carbonyl (C=O) groups excluding carboxylic acids is 1. The molecule has 0 bridgehead atoms. The number of nitrogen functional groups attached to an aromatic ring is 1. The Hall–Kier alpha value is -1.86. The number of rotatable bonds is 2. The number of piperidine rings is 1. The molecule has 1 aromatic rings. The summed E-state index contributed by atoms with van der Waals surface area (Å²) in [5.74, 6) is -0.265. The first-order valence-corrected chi connectivity index (χ1v) is 6.28. The highest BCUT2D eigenvalue weighted by Crippen LogP contribution is 2.27. The van der Waals surface area contributed by atoms with Crippen molar-refractivity contribution in [2.45, 2.75) is 31.4 Å². The summed E-state index contributed by atoms with van der Waals surface area (Å²) in [4.78, 5) is 21.0. The summed E-state index contributed by atoms with van der Waals surface area (Å²) >= 11 is 0. The van der Waals surface area contributed by atoms with Crippen LogP contribution in [0.25, 0.3) is 0 Å². The summed E-state index contributed by atoms with van der Waals surface area (Å²) in [6, 6.07) is 1.54. The molecular weight excluding hydrogens is 273 g/mol. The van der Waals surface area contributed by atoms with E-state index in [1.54, 1.807) is 6.07 Å². The van der Waals surface area contributed by atoms with Crippen LogP contribution in [-0.2, 0) is 4.79 Å². The SMILES string of the molecule is Nc1ccnc([C@@H]2CCCN(C(=O)CC(F)(F)F)C2)n1. The van der Waals surface area contributed by atoms with Crippen LogP contribution in [0.2, 0.25) is 0 Å². The molecule has 1 atom stereocenters. The van der Waals surface area contributed by atoms with Crippen molar-refractivity contribution in [3.63, 3.8) is 0 Å². The van der Waals surface area contributed by atoms with Crippen molar-refractivity contribution in [1.82, 2.24) is 14.9 Å². The van der Waals surface area contributed by atoms with E-state index in [2.05, 4.69) is 9.97 Å². The number of hydrogen-bond donors (Lipinski definition) is 1. The van der Waals surface area contributed by atoms with Gasteiger partial charge in [0.15, 0.2) is 0 Å². The lowest BCUT2D eigenvalue weighted by atomic mass is 9.97. The second-order valence-electron chi connectivity index (χ2n) is 4.81. The monoisotopic (exact) mass is 288 g/mol. The molecule has 1 amide bonds. The number of hydrogen-bond acceptors (Lipinski definition) is 4. The topological polar surface area (TPSA) is 72.1 Å². The maximum absolute atomic E-state index is 12.2. The largest absolute Gasteiger partial charge is 0.397 e. The van der Waals surface area contributed by atoms with Gasteiger partial charge < -0.3 is 10.6 Å². The molecule has 0 saturated carbocycles. The van der Waals surface area contributed by atoms with Gasteiger partial charge in [0.1, 0.15) is 18.1 Å². The van der Waals surface area contributed by atoms with Crippen LogP contribution in [0.4, 0.5) is 19.0 Å². The first-order valence-electron chi connectivity index (χ1n) is 6.28. The minimum atomic E-state index is -4.47. The van der Waals surface area contributed by atoms with Gasteiger partial charge in [-0.15, -0.1) is 0 Å². The minimum absolute atomic E-state index is 0.163. The van der Waals surface area contributed by atoms with E-state index < -0.39 is 18.5 Å². The third-order valence-electron chi connectivity index (χ3n) is 3.19. The summed E-state index contributed by atoms with van der Waals surface area (Å²) in [7, 11) is 0. The standard InChI is InChI=1S/C12H15F3N4O/c13-12(14,15)6-10(20)19-5-1-2-8(7-19)11-17-4-3-9(16)18-11/h3-4,8H,1-2,5-7H2,(H2,16,17,18)/t8-/m1/s1. The average Bonchev–Trinajstić information content (AvgIpc) is 2.37. The van der Waals surface area contributed by atoms with Gasteiger partial charge in [-0.05, 0) is 18.9 Å². The number of anilines is 1. The molecule has 20 heavy (non-hydrogen) atoms. The summed E-state index contributed by atoms with van der Waals surface area (Å²) in [6.45, 7) is 0.548. The number of carbonyl (C=O) groups is 1. The molecule has 1 saturated heterocycles. The number of amides is 1. The number of alkyl halides is 3. The molecule has 8 heteroatoms. The van der Waals surface area contributed by atoms with E-state index in [4.69, 9.17) is 5.73 Å². The number of halogens is 3. The van der Waals surface area contributed by atoms with Crippen LogP contribution < -0.4 is 5.73 Å². The number of likely N-dealkylation sites (tertiary alicyclic amines) is 1. The molecule has 5 nitrogen and oxygen atoms in total. The van der Waals surface area contributed by atoms with Crippen molar-refractivity contribution in [2.24, 2.45) is 0 Å². The van der Waals surface area contributed by atoms with Crippen LogP contribution in [-0.4, -0.2) is 40.0 Å². The van der Waals surface area contributed by atoms with Crippen LogP contribution in [0.15, 0.2) is 12.3 Å². The quantitative estimate of drug-likeness (QED) is 0.899. The normalized spacial score (nSPS) is 19.9. The van der Waals surface area contributed by atoms with E-state index in [1.165, 1.54) is 11.1 Å². The van der Waals surface area contributed by atoms with Crippen molar-refractivity contribution in [3.05, 3.63) is 18.1 Å². The van der Waals surface area contributed by atoms with Gasteiger partial charge in [-0.25, -0.2) is 9.97 Å². The fourth-order valence-electron chi connectivity index (χ4n) is 2.28. The molecular formula is C12H15F3N4O. The molecule has 1 fully saturated rings. The molecule has 1 aliphatic rings. The van der Waals surface area contributed by atoms with Gasteiger partial charge in [0.05, 0.1) is 0 Å². The maximum Gasteiger partial charge on any atom is 0.397 e. The zero-order valence-electron chi connectivity index (χ0n) is 10.7. The predicted molar refractivity (Wildman–Crippen MR) is 65.7 cm³/mol. The lowest BCUT2D eigenvalue weighted by molar-refractivity contribution is -0.162. The second-order valence-corrected chi connectivity index (χ2v) is 4.81. The molecule has 2 N–H and O–H groups in total. The Morgan fingerprint density at radius 1 is 1.50 bits per heavy atom. The Balaban J connectivity index is 2.03. The summed E-state index contributed by atoms with van der Waals surface area (Å²) in [5, 5.41) is 0. The van der Waals surface area contributed by atoms with Gasteiger partial charge in [0.25, 0.3) is 0 Å². The molecule has 2 rings (SSSR count). The highest BCUT2D eigenvalue weighted by molar-refractivity contribution is 5.77. The molecule has 2 heterocycles. The average molecular weight is 288 g/mol. The van der Waals surface area contributed by atoms with Crippen molar-refractivity contribution < 1.29 is 18.0 Å². The molecule has 0 aromatic carbocycles. The highest BCUT2D eigenvalue weighted by atomic mass is 19.4. The van der Waals surface area contributed by atoms with Crippen LogP contribution in [0, 0.1) is 0 Å². The minimum Gasteiger partial charge on any atom is -0.384 e. The number of nitrogens with zero attached hydrogens (tertiary/aromatic N) is 3. The Morgan fingerprint density at radius 2 is 2.25 bits per heavy atom. The van der Waals surface area contributed by atoms with Gasteiger partial charge >= 0.3 is 6.18 Å². The van der Waals surface area contributed by atoms with Crippen molar-refractivity contribution >= 4 is 11.7 Å². The van der Waals surface area contributed by atoms with Gasteiger partial charge in [-0.1, -0.05) is 0 Å². The van der Waals surface area contributed by atoms with E-state index in [0.29, 0.717) is 24.6 Å². The van der Waals surface area contributed by atoms with E-state index in [9.17, 15) is 18.0 Å². The second kappa shape index (κ2) is 5.64. The third-order valence-corrected chi connectivity index (χ3v) is 3.19. The van der Waals surface area contributed by atoms with E-state index in [1.807, 2.05) is 0 Å². The first kappa shape index (κ1) is 14.5. The molecule has 0 spiro atoms. The fourth-order valence-corrected chi connectivity index (χ4v) is 2.28. The number of aromatic nitrogens is 2. The lowest BCUT2D eigenvalue weighted by Gasteiger charge is -2.32. The van der Waals surface area contributed by atoms with Crippen molar-refractivity contribution in [1.29, 1.82) is 0 Å². The number of nitrogens with two attached hydrogens (primary N) is 1. The van der Waals surface area contributed by atoms with Crippen LogP contribution in [0.1, 0.15) is 31.0 Å². The molecule has 0 aliphatic carbocycles. The van der Waals surface area contributed by atoms with Crippen LogP contribution in [0.3, 0.4) is 0 Å². The predicted octanol–water partition coefficient (Wildman–Crippen LogP) is 1.72. The van der Waals surface area contributed by atoms with Gasteiger partial charge in [-0.3, -0.25) is 4.79 Å². The van der Waals surface area contributed by atoms with Crippen molar-refractivity contribution in [3.8, 4) is 0 Å². The Labute approximate surface area is 114 Å². The summed E-state index contributed by atoms with van der Waals surface area (Å²) in [6.07, 6.45) is -3.02. The zero-order chi connectivity index (χ0) is 14.8. The van der Waals surface area contributed by atoms with E-state index >= 15 is 0 Å². The summed E-state index contributed by atoms with van der Waals surface area (Å²) < 4.78 is 36.7. The molecule has 0 unspecified atom stereocenters. The van der Waals surface area contributed by atoms with Gasteiger partial charge in [0.2, 0.25) is 5.91 Å². The van der Waals surface area contributed by atoms with Crippen molar-refractivity contribution in [2.75, 3.05) is 18.8 Å². The smallest absolute Gasteiger partial charge is 0.384 e. The molecule has 0 radical (unpaired) electrons. The fraction of sp³-hybridized carbons (Fsp3) is 0.583. The molecule has 110 valence electrons. The lowest BCUT2D eigenvalue weighted by Crippen LogP contribution is -2.41. The Kier molecular flexibility index (Phi) is 4.10.